The zero-order valence-electron chi connectivity index (χ0n) is 4.39. The van der Waals surface area contributed by atoms with E-state index < -0.39 is 0 Å². The van der Waals surface area contributed by atoms with Crippen LogP contribution in [0.15, 0.2) is 0 Å². The molecule has 0 rings (SSSR count). The van der Waals surface area contributed by atoms with Gasteiger partial charge in [-0.25, -0.2) is 0 Å². The van der Waals surface area contributed by atoms with E-state index in [1.54, 1.807) is 0 Å². The number of rotatable bonds is 0. The van der Waals surface area contributed by atoms with Crippen molar-refractivity contribution in [1.82, 2.24) is 0 Å². The van der Waals surface area contributed by atoms with Gasteiger partial charge < -0.3 is 6.22 Å². The van der Waals surface area contributed by atoms with Crippen LogP contribution >= 0.6 is 12.4 Å². The minimum absolute atomic E-state index is 0. The van der Waals surface area contributed by atoms with E-state index in [1.807, 2.05) is 0 Å². The number of hydrogen-bond acceptors (Lipinski definition) is 1. The number of hydrogen-bond donors (Lipinski definition) is 0. The molecule has 3 heteroatoms. The maximum atomic E-state index is 8.81. The van der Waals surface area contributed by atoms with E-state index in [-0.39, 0.29) is 43.4 Å². The van der Waals surface area contributed by atoms with Crippen LogP contribution in [0.2, 0.25) is 0 Å². The van der Waals surface area contributed by atoms with Crippen molar-refractivity contribution in [2.24, 2.45) is 0 Å². The SMILES string of the molecule is CC=O.Cl.[H-].[Na+]. The molecular formula is C2H6ClNaO. The Morgan fingerprint density at radius 2 is 1.80 bits per heavy atom. The summed E-state index contributed by atoms with van der Waals surface area (Å²) in [5, 5.41) is 0. The Labute approximate surface area is 61.3 Å². The van der Waals surface area contributed by atoms with E-state index in [0.717, 1.165) is 6.29 Å². The van der Waals surface area contributed by atoms with E-state index in [9.17, 15) is 0 Å². The predicted octanol–water partition coefficient (Wildman–Crippen LogP) is -2.26. The van der Waals surface area contributed by atoms with Crippen LogP contribution in [-0.4, -0.2) is 6.29 Å². The second-order valence-corrected chi connectivity index (χ2v) is 0.236. The van der Waals surface area contributed by atoms with Crippen molar-refractivity contribution < 1.29 is 35.8 Å². The third kappa shape index (κ3) is 47.2. The maximum absolute atomic E-state index is 8.81. The van der Waals surface area contributed by atoms with Crippen molar-refractivity contribution in [3.63, 3.8) is 0 Å². The molecule has 0 saturated heterocycles. The average molecular weight is 105 g/mol. The first kappa shape index (κ1) is 16.7. The minimum atomic E-state index is 0. The molecule has 0 amide bonds. The molecular weight excluding hydrogens is 98.5 g/mol. The molecule has 0 aliphatic rings. The van der Waals surface area contributed by atoms with Gasteiger partial charge in [0.1, 0.15) is 6.29 Å². The van der Waals surface area contributed by atoms with Crippen LogP contribution in [0.3, 0.4) is 0 Å². The Bertz CT molecular complexity index is 21.0. The molecule has 0 aliphatic heterocycles. The summed E-state index contributed by atoms with van der Waals surface area (Å²) in [7, 11) is 0. The zero-order chi connectivity index (χ0) is 2.71. The Morgan fingerprint density at radius 1 is 1.80 bits per heavy atom. The fourth-order valence-electron chi connectivity index (χ4n) is 0. The molecule has 0 N–H and O–H groups in total. The fraction of sp³-hybridized carbons (Fsp3) is 0.500. The van der Waals surface area contributed by atoms with Gasteiger partial charge in [0, 0.05) is 0 Å². The van der Waals surface area contributed by atoms with Gasteiger partial charge in [0.15, 0.2) is 0 Å². The van der Waals surface area contributed by atoms with E-state index in [2.05, 4.69) is 0 Å². The van der Waals surface area contributed by atoms with Crippen molar-refractivity contribution in [1.29, 1.82) is 0 Å². The van der Waals surface area contributed by atoms with Gasteiger partial charge in [0.25, 0.3) is 0 Å². The predicted molar refractivity (Wildman–Crippen MR) is 20.1 cm³/mol. The summed E-state index contributed by atoms with van der Waals surface area (Å²) >= 11 is 0. The monoisotopic (exact) mass is 104 g/mol. The molecule has 0 aromatic rings. The molecule has 0 aromatic carbocycles. The van der Waals surface area contributed by atoms with Crippen LogP contribution in [0, 0.1) is 0 Å². The van der Waals surface area contributed by atoms with Crippen LogP contribution in [0.4, 0.5) is 0 Å². The Morgan fingerprint density at radius 3 is 1.80 bits per heavy atom. The quantitative estimate of drug-likeness (QED) is 0.251. The Balaban J connectivity index is -0.00000000667. The number of carbonyl (C=O) groups is 1. The summed E-state index contributed by atoms with van der Waals surface area (Å²) in [6.45, 7) is 1.44. The first-order chi connectivity index (χ1) is 1.41. The van der Waals surface area contributed by atoms with Gasteiger partial charge >= 0.3 is 29.6 Å². The largest absolute Gasteiger partial charge is 1.00 e. The smallest absolute Gasteiger partial charge is 1.00 e. The van der Waals surface area contributed by atoms with Gasteiger partial charge in [0.05, 0.1) is 0 Å². The summed E-state index contributed by atoms with van der Waals surface area (Å²) in [6.07, 6.45) is 0.750. The second kappa shape index (κ2) is 20.2. The molecule has 0 spiro atoms. The van der Waals surface area contributed by atoms with E-state index in [1.165, 1.54) is 6.92 Å². The Kier molecular flexibility index (Phi) is 67.8. The molecule has 28 valence electrons. The van der Waals surface area contributed by atoms with Crippen molar-refractivity contribution in [2.75, 3.05) is 0 Å². The summed E-state index contributed by atoms with van der Waals surface area (Å²) in [5.74, 6) is 0. The third-order valence-electron chi connectivity index (χ3n) is 0. The van der Waals surface area contributed by atoms with Gasteiger partial charge in [-0.3, -0.25) is 0 Å². The molecule has 0 radical (unpaired) electrons. The maximum Gasteiger partial charge on any atom is 1.00 e. The standard InChI is InChI=1S/C2H4O.ClH.Na.H/c1-2-3;;;/h2H,1H3;1H;;/q;;+1;-1. The van der Waals surface area contributed by atoms with E-state index in [4.69, 9.17) is 4.79 Å². The molecule has 0 bridgehead atoms. The molecule has 0 aromatic heterocycles. The van der Waals surface area contributed by atoms with Crippen molar-refractivity contribution in [2.45, 2.75) is 6.92 Å². The minimum Gasteiger partial charge on any atom is -1.00 e. The topological polar surface area (TPSA) is 17.1 Å². The number of carbonyl (C=O) groups excluding carboxylic acids is 1. The second-order valence-electron chi connectivity index (χ2n) is 0.236. The molecule has 0 heterocycles. The van der Waals surface area contributed by atoms with Crippen molar-refractivity contribution >= 4 is 18.7 Å². The van der Waals surface area contributed by atoms with Gasteiger partial charge in [-0.2, -0.15) is 0 Å². The van der Waals surface area contributed by atoms with Crippen LogP contribution in [-0.2, 0) is 4.79 Å². The Hall–Kier alpha value is 0.960. The summed E-state index contributed by atoms with van der Waals surface area (Å²) < 4.78 is 0. The molecule has 0 saturated carbocycles. The van der Waals surface area contributed by atoms with Crippen molar-refractivity contribution in [3.8, 4) is 0 Å². The van der Waals surface area contributed by atoms with Crippen LogP contribution in [0.5, 0.6) is 0 Å². The fourth-order valence-corrected chi connectivity index (χ4v) is 0. The molecule has 5 heavy (non-hydrogen) atoms. The van der Waals surface area contributed by atoms with Gasteiger partial charge in [-0.1, -0.05) is 0 Å². The van der Waals surface area contributed by atoms with Gasteiger partial charge in [0.2, 0.25) is 0 Å². The first-order valence-corrected chi connectivity index (χ1v) is 0.813. The van der Waals surface area contributed by atoms with Gasteiger partial charge in [-0.15, -0.1) is 12.4 Å². The number of halogens is 1. The summed E-state index contributed by atoms with van der Waals surface area (Å²) in [6, 6.07) is 0. The molecule has 0 aliphatic carbocycles. The summed E-state index contributed by atoms with van der Waals surface area (Å²) in [5.41, 5.74) is 0. The van der Waals surface area contributed by atoms with E-state index in [0.29, 0.717) is 0 Å². The first-order valence-electron chi connectivity index (χ1n) is 0.813. The molecule has 1 nitrogen and oxygen atoms in total. The molecule has 0 atom stereocenters. The van der Waals surface area contributed by atoms with Crippen LogP contribution < -0.4 is 29.6 Å². The van der Waals surface area contributed by atoms with Crippen molar-refractivity contribution in [3.05, 3.63) is 0 Å². The normalized spacial score (nSPS) is 2.60. The van der Waals surface area contributed by atoms with Gasteiger partial charge in [-0.05, 0) is 6.92 Å². The van der Waals surface area contributed by atoms with Crippen LogP contribution in [0.1, 0.15) is 8.35 Å². The third-order valence-corrected chi connectivity index (χ3v) is 0. The van der Waals surface area contributed by atoms with E-state index >= 15 is 0 Å². The van der Waals surface area contributed by atoms with Crippen LogP contribution in [0.25, 0.3) is 0 Å². The molecule has 0 unspecified atom stereocenters. The zero-order valence-corrected chi connectivity index (χ0v) is 6.21. The summed E-state index contributed by atoms with van der Waals surface area (Å²) in [4.78, 5) is 8.81. The average Bonchev–Trinajstić information content (AvgIpc) is 0.918. The number of aldehydes is 1. The molecule has 0 fully saturated rings.